The molecule has 7 nitrogen and oxygen atoms in total. The molecule has 1 aromatic rings. The molecule has 0 atom stereocenters. The normalized spacial score (nSPS) is 16.2. The molecule has 24 heavy (non-hydrogen) atoms. The highest BCUT2D eigenvalue weighted by atomic mass is 32.1. The van der Waals surface area contributed by atoms with Gasteiger partial charge in [0, 0.05) is 12.3 Å². The highest BCUT2D eigenvalue weighted by Crippen LogP contribution is 2.30. The molecule has 1 aromatic heterocycles. The first-order valence-electron chi connectivity index (χ1n) is 8.15. The minimum absolute atomic E-state index is 0.0804. The predicted octanol–water partition coefficient (Wildman–Crippen LogP) is 2.03. The van der Waals surface area contributed by atoms with E-state index >= 15 is 0 Å². The Labute approximate surface area is 145 Å². The Balaban J connectivity index is 2.03. The van der Waals surface area contributed by atoms with Crippen molar-refractivity contribution in [1.29, 1.82) is 0 Å². The molecule has 8 heteroatoms. The van der Waals surface area contributed by atoms with Crippen LogP contribution in [0.5, 0.6) is 0 Å². The molecule has 0 spiro atoms. The number of hydrogen-bond donors (Lipinski definition) is 2. The smallest absolute Gasteiger partial charge is 0.311 e. The fraction of sp³-hybridized carbons (Fsp3) is 0.625. The van der Waals surface area contributed by atoms with Gasteiger partial charge in [-0.05, 0) is 19.8 Å². The topological polar surface area (TPSA) is 97.4 Å². The van der Waals surface area contributed by atoms with Crippen LogP contribution >= 0.6 is 11.3 Å². The number of ether oxygens (including phenoxy) is 1. The highest BCUT2D eigenvalue weighted by molar-refractivity contribution is 7.14. The van der Waals surface area contributed by atoms with Crippen LogP contribution in [0.1, 0.15) is 51.6 Å². The average Bonchev–Trinajstić information content (AvgIpc) is 2.94. The van der Waals surface area contributed by atoms with Crippen LogP contribution in [0.2, 0.25) is 0 Å². The van der Waals surface area contributed by atoms with Gasteiger partial charge in [-0.15, -0.1) is 11.3 Å². The van der Waals surface area contributed by atoms with E-state index in [2.05, 4.69) is 15.6 Å². The lowest BCUT2D eigenvalue weighted by atomic mass is 9.81. The lowest BCUT2D eigenvalue weighted by molar-refractivity contribution is -0.142. The maximum atomic E-state index is 12.7. The van der Waals surface area contributed by atoms with Crippen molar-refractivity contribution in [1.82, 2.24) is 10.3 Å². The fourth-order valence-corrected chi connectivity index (χ4v) is 3.63. The molecule has 1 aliphatic carbocycles. The number of thiazole rings is 1. The number of carbonyl (C=O) groups is 3. The van der Waals surface area contributed by atoms with Crippen molar-refractivity contribution < 1.29 is 19.1 Å². The quantitative estimate of drug-likeness (QED) is 0.763. The van der Waals surface area contributed by atoms with Gasteiger partial charge in [0.05, 0.1) is 18.7 Å². The molecular weight excluding hydrogens is 330 g/mol. The Morgan fingerprint density at radius 1 is 1.29 bits per heavy atom. The molecule has 1 saturated carbocycles. The van der Waals surface area contributed by atoms with Crippen molar-refractivity contribution in [2.45, 2.75) is 57.9 Å². The van der Waals surface area contributed by atoms with Gasteiger partial charge in [-0.1, -0.05) is 19.3 Å². The number of carbonyl (C=O) groups excluding carboxylic acids is 3. The van der Waals surface area contributed by atoms with E-state index in [9.17, 15) is 14.4 Å². The second-order valence-electron chi connectivity index (χ2n) is 5.90. The van der Waals surface area contributed by atoms with Gasteiger partial charge in [-0.25, -0.2) is 4.98 Å². The zero-order chi connectivity index (χ0) is 17.6. The summed E-state index contributed by atoms with van der Waals surface area (Å²) in [6, 6.07) is 0. The zero-order valence-corrected chi connectivity index (χ0v) is 14.8. The minimum atomic E-state index is -0.864. The molecule has 132 valence electrons. The number of aromatic nitrogens is 1. The molecule has 2 N–H and O–H groups in total. The fourth-order valence-electron chi connectivity index (χ4n) is 2.92. The van der Waals surface area contributed by atoms with E-state index < -0.39 is 5.54 Å². The van der Waals surface area contributed by atoms with E-state index in [1.165, 1.54) is 18.3 Å². The Morgan fingerprint density at radius 2 is 2.00 bits per heavy atom. The first-order valence-corrected chi connectivity index (χ1v) is 9.03. The first kappa shape index (κ1) is 18.4. The third-order valence-electron chi connectivity index (χ3n) is 3.96. The van der Waals surface area contributed by atoms with Crippen LogP contribution in [0.25, 0.3) is 0 Å². The van der Waals surface area contributed by atoms with Crippen molar-refractivity contribution in [2.75, 3.05) is 11.9 Å². The van der Waals surface area contributed by atoms with Crippen molar-refractivity contribution >= 4 is 34.3 Å². The predicted molar refractivity (Wildman–Crippen MR) is 90.7 cm³/mol. The summed E-state index contributed by atoms with van der Waals surface area (Å²) in [6.07, 6.45) is 4.20. The monoisotopic (exact) mass is 353 g/mol. The molecule has 0 aromatic carbocycles. The zero-order valence-electron chi connectivity index (χ0n) is 14.0. The van der Waals surface area contributed by atoms with Crippen LogP contribution < -0.4 is 10.6 Å². The largest absolute Gasteiger partial charge is 0.466 e. The van der Waals surface area contributed by atoms with Crippen LogP contribution in [0, 0.1) is 0 Å². The molecule has 0 aliphatic heterocycles. The van der Waals surface area contributed by atoms with Gasteiger partial charge in [-0.2, -0.15) is 0 Å². The number of amides is 2. The van der Waals surface area contributed by atoms with Gasteiger partial charge in [0.1, 0.15) is 5.54 Å². The van der Waals surface area contributed by atoms with E-state index in [0.29, 0.717) is 30.3 Å². The van der Waals surface area contributed by atoms with E-state index in [1.807, 2.05) is 0 Å². The van der Waals surface area contributed by atoms with Crippen LogP contribution in [-0.2, 0) is 25.5 Å². The van der Waals surface area contributed by atoms with Crippen LogP contribution in [0.4, 0.5) is 5.13 Å². The van der Waals surface area contributed by atoms with E-state index in [4.69, 9.17) is 4.74 Å². The van der Waals surface area contributed by atoms with Crippen molar-refractivity contribution in [3.8, 4) is 0 Å². The standard InChI is InChI=1S/C16H23N3O4S/c1-3-23-13(21)9-12-10-24-15(17-12)18-14(22)16(19-11(2)20)7-5-4-6-8-16/h10H,3-9H2,1-2H3,(H,19,20)(H,17,18,22). The molecule has 1 heterocycles. The number of nitrogens with zero attached hydrogens (tertiary/aromatic N) is 1. The van der Waals surface area contributed by atoms with Gasteiger partial charge < -0.3 is 10.1 Å². The highest BCUT2D eigenvalue weighted by Gasteiger charge is 2.40. The molecule has 0 bridgehead atoms. The average molecular weight is 353 g/mol. The van der Waals surface area contributed by atoms with Gasteiger partial charge >= 0.3 is 5.97 Å². The Kier molecular flexibility index (Phi) is 6.30. The first-order chi connectivity index (χ1) is 11.4. The van der Waals surface area contributed by atoms with Crippen LogP contribution in [0.15, 0.2) is 5.38 Å². The summed E-state index contributed by atoms with van der Waals surface area (Å²) in [5, 5.41) is 7.75. The second-order valence-corrected chi connectivity index (χ2v) is 6.76. The van der Waals surface area contributed by atoms with Crippen molar-refractivity contribution in [3.63, 3.8) is 0 Å². The SMILES string of the molecule is CCOC(=O)Cc1csc(NC(=O)C2(NC(C)=O)CCCCC2)n1. The molecule has 0 unspecified atom stereocenters. The van der Waals surface area contributed by atoms with Crippen LogP contribution in [-0.4, -0.2) is 34.9 Å². The van der Waals surface area contributed by atoms with Gasteiger partial charge in [0.2, 0.25) is 5.91 Å². The molecule has 0 saturated heterocycles. The molecule has 1 fully saturated rings. The maximum absolute atomic E-state index is 12.7. The third-order valence-corrected chi connectivity index (χ3v) is 4.77. The summed E-state index contributed by atoms with van der Waals surface area (Å²) in [4.78, 5) is 39.9. The Bertz CT molecular complexity index is 608. The van der Waals surface area contributed by atoms with Gasteiger partial charge in [0.15, 0.2) is 5.13 Å². The second kappa shape index (κ2) is 8.23. The Morgan fingerprint density at radius 3 is 2.62 bits per heavy atom. The minimum Gasteiger partial charge on any atom is -0.466 e. The van der Waals surface area contributed by atoms with E-state index in [0.717, 1.165) is 19.3 Å². The maximum Gasteiger partial charge on any atom is 0.311 e. The summed E-state index contributed by atoms with van der Waals surface area (Å²) in [7, 11) is 0. The number of rotatable bonds is 6. The number of hydrogen-bond acceptors (Lipinski definition) is 6. The molecule has 0 radical (unpaired) electrons. The lowest BCUT2D eigenvalue weighted by Crippen LogP contribution is -2.57. The van der Waals surface area contributed by atoms with E-state index in [1.54, 1.807) is 12.3 Å². The summed E-state index contributed by atoms with van der Waals surface area (Å²) in [6.45, 7) is 3.49. The molecular formula is C16H23N3O4S. The summed E-state index contributed by atoms with van der Waals surface area (Å²) < 4.78 is 4.88. The molecule has 1 aliphatic rings. The van der Waals surface area contributed by atoms with Crippen molar-refractivity contribution in [3.05, 3.63) is 11.1 Å². The summed E-state index contributed by atoms with van der Waals surface area (Å²) >= 11 is 1.26. The summed E-state index contributed by atoms with van der Waals surface area (Å²) in [5.41, 5.74) is -0.303. The number of nitrogens with one attached hydrogen (secondary N) is 2. The van der Waals surface area contributed by atoms with Gasteiger partial charge in [0.25, 0.3) is 5.91 Å². The molecule has 2 rings (SSSR count). The van der Waals surface area contributed by atoms with Crippen molar-refractivity contribution in [2.24, 2.45) is 0 Å². The van der Waals surface area contributed by atoms with E-state index in [-0.39, 0.29) is 24.2 Å². The van der Waals surface area contributed by atoms with Crippen LogP contribution in [0.3, 0.4) is 0 Å². The number of esters is 1. The lowest BCUT2D eigenvalue weighted by Gasteiger charge is -2.35. The van der Waals surface area contributed by atoms with Gasteiger partial charge in [-0.3, -0.25) is 19.7 Å². The Hall–Kier alpha value is -1.96. The summed E-state index contributed by atoms with van der Waals surface area (Å²) in [5.74, 6) is -0.800. The molecule has 2 amide bonds. The number of anilines is 1. The third kappa shape index (κ3) is 4.77.